The normalized spacial score (nSPS) is 19.0. The highest BCUT2D eigenvalue weighted by Crippen LogP contribution is 2.44. The average Bonchev–Trinajstić information content (AvgIpc) is 3.14. The minimum absolute atomic E-state index is 0.0447. The highest BCUT2D eigenvalue weighted by atomic mass is 32.1. The Bertz CT molecular complexity index is 1100. The van der Waals surface area contributed by atoms with Crippen molar-refractivity contribution in [3.8, 4) is 11.1 Å². The fraction of sp³-hybridized carbons (Fsp3) is 0.400. The van der Waals surface area contributed by atoms with Crippen molar-refractivity contribution in [2.24, 2.45) is 11.8 Å². The van der Waals surface area contributed by atoms with Gasteiger partial charge in [-0.3, -0.25) is 9.78 Å². The first-order valence-corrected chi connectivity index (χ1v) is 11.7. The molecule has 0 atom stereocenters. The topological polar surface area (TPSA) is 70.5 Å². The van der Waals surface area contributed by atoms with E-state index in [1.807, 2.05) is 44.2 Å². The Morgan fingerprint density at radius 3 is 2.48 bits per heavy atom. The number of carbonyl (C=O) groups is 2. The fourth-order valence-electron chi connectivity index (χ4n) is 4.57. The van der Waals surface area contributed by atoms with Crippen LogP contribution in [0.1, 0.15) is 56.1 Å². The van der Waals surface area contributed by atoms with Crippen molar-refractivity contribution in [2.45, 2.75) is 52.5 Å². The number of carbonyl (C=O) groups excluding carboxylic acids is 1. The number of aromatic nitrogens is 1. The molecule has 4 rings (SSSR count). The molecule has 0 saturated heterocycles. The molecule has 0 bridgehead atoms. The molecule has 0 unspecified atom stereocenters. The summed E-state index contributed by atoms with van der Waals surface area (Å²) in [7, 11) is 0. The molecule has 162 valence electrons. The lowest BCUT2D eigenvalue weighted by Crippen LogP contribution is -2.42. The number of thiophene rings is 1. The van der Waals surface area contributed by atoms with Crippen LogP contribution < -0.4 is 4.90 Å². The van der Waals surface area contributed by atoms with Crippen LogP contribution in [0.5, 0.6) is 0 Å². The van der Waals surface area contributed by atoms with Gasteiger partial charge >= 0.3 is 5.97 Å². The molecule has 3 aromatic rings. The van der Waals surface area contributed by atoms with Crippen molar-refractivity contribution in [3.63, 3.8) is 0 Å². The van der Waals surface area contributed by atoms with Gasteiger partial charge in [0.25, 0.3) is 0 Å². The Balaban J connectivity index is 1.87. The van der Waals surface area contributed by atoms with E-state index in [1.54, 1.807) is 17.3 Å². The number of rotatable bonds is 5. The molecule has 2 aromatic heterocycles. The van der Waals surface area contributed by atoms with Gasteiger partial charge in [0.1, 0.15) is 4.88 Å². The smallest absolute Gasteiger partial charge is 0.348 e. The fourth-order valence-corrected chi connectivity index (χ4v) is 5.73. The summed E-state index contributed by atoms with van der Waals surface area (Å²) >= 11 is 1.24. The minimum Gasteiger partial charge on any atom is -0.477 e. The number of hydrogen-bond acceptors (Lipinski definition) is 4. The molecule has 0 radical (unpaired) electrons. The van der Waals surface area contributed by atoms with Crippen LogP contribution in [0.4, 0.5) is 5.69 Å². The Morgan fingerprint density at radius 2 is 1.87 bits per heavy atom. The van der Waals surface area contributed by atoms with Crippen molar-refractivity contribution >= 4 is 39.0 Å². The van der Waals surface area contributed by atoms with E-state index in [2.05, 4.69) is 11.9 Å². The van der Waals surface area contributed by atoms with E-state index >= 15 is 0 Å². The van der Waals surface area contributed by atoms with Crippen LogP contribution in [0.25, 0.3) is 21.2 Å². The Hall–Kier alpha value is -2.73. The molecule has 0 aliphatic heterocycles. The maximum absolute atomic E-state index is 13.6. The predicted octanol–water partition coefficient (Wildman–Crippen LogP) is 6.23. The third-order valence-corrected chi connectivity index (χ3v) is 7.43. The molecule has 31 heavy (non-hydrogen) atoms. The molecule has 1 amide bonds. The number of anilines is 1. The highest BCUT2D eigenvalue weighted by molar-refractivity contribution is 7.22. The van der Waals surface area contributed by atoms with Crippen molar-refractivity contribution in [3.05, 3.63) is 47.6 Å². The number of hydrogen-bond donors (Lipinski definition) is 1. The number of carboxylic acid groups (broad SMARTS) is 1. The molecule has 1 saturated carbocycles. The van der Waals surface area contributed by atoms with Gasteiger partial charge in [0.05, 0.1) is 5.69 Å². The first kappa shape index (κ1) is 21.5. The Kier molecular flexibility index (Phi) is 6.10. The number of fused-ring (bicyclic) bond motifs is 1. The molecule has 6 heteroatoms. The van der Waals surface area contributed by atoms with Crippen LogP contribution in [0.15, 0.2) is 42.7 Å². The molecule has 1 N–H and O–H groups in total. The number of aromatic carboxylic acids is 1. The number of pyridine rings is 1. The number of nitrogens with zero attached hydrogens (tertiary/aromatic N) is 2. The van der Waals surface area contributed by atoms with E-state index in [1.165, 1.54) is 11.3 Å². The maximum atomic E-state index is 13.6. The van der Waals surface area contributed by atoms with Gasteiger partial charge in [0.2, 0.25) is 5.91 Å². The van der Waals surface area contributed by atoms with Crippen LogP contribution in [0.2, 0.25) is 0 Å². The van der Waals surface area contributed by atoms with Gasteiger partial charge in [-0.05, 0) is 51.5 Å². The Morgan fingerprint density at radius 1 is 1.13 bits per heavy atom. The van der Waals surface area contributed by atoms with Gasteiger partial charge in [-0.25, -0.2) is 4.79 Å². The Labute approximate surface area is 186 Å². The monoisotopic (exact) mass is 436 g/mol. The maximum Gasteiger partial charge on any atom is 0.348 e. The minimum atomic E-state index is -0.996. The van der Waals surface area contributed by atoms with E-state index in [0.29, 0.717) is 11.6 Å². The van der Waals surface area contributed by atoms with Gasteiger partial charge < -0.3 is 10.0 Å². The molecule has 1 fully saturated rings. The first-order chi connectivity index (χ1) is 14.9. The lowest BCUT2D eigenvalue weighted by atomic mass is 9.82. The lowest BCUT2D eigenvalue weighted by molar-refractivity contribution is -0.123. The molecular formula is C25H28N2O3S. The van der Waals surface area contributed by atoms with Gasteiger partial charge in [-0.2, -0.15) is 0 Å². The standard InChI is InChI=1S/C25H28N2O3S/c1-15(2)27(24(28)17-11-9-16(3)10-12-17)21-20-8-4-7-19(18-6-5-13-26-14-18)22(20)31-23(21)25(29)30/h4-8,13-17H,9-12H2,1-3H3,(H,29,30). The van der Waals surface area contributed by atoms with Crippen LogP contribution in [-0.4, -0.2) is 28.0 Å². The average molecular weight is 437 g/mol. The quantitative estimate of drug-likeness (QED) is 0.515. The third kappa shape index (κ3) is 4.09. The van der Waals surface area contributed by atoms with Crippen LogP contribution in [-0.2, 0) is 4.79 Å². The van der Waals surface area contributed by atoms with Crippen LogP contribution >= 0.6 is 11.3 Å². The second-order valence-electron chi connectivity index (χ2n) is 8.77. The van der Waals surface area contributed by atoms with Crippen molar-refractivity contribution in [1.82, 2.24) is 4.98 Å². The molecule has 1 aliphatic carbocycles. The van der Waals surface area contributed by atoms with Crippen LogP contribution in [0, 0.1) is 11.8 Å². The molecule has 0 spiro atoms. The lowest BCUT2D eigenvalue weighted by Gasteiger charge is -2.33. The molecule has 1 aromatic carbocycles. The summed E-state index contributed by atoms with van der Waals surface area (Å²) in [5.74, 6) is -0.341. The number of amides is 1. The van der Waals surface area contributed by atoms with E-state index in [-0.39, 0.29) is 22.7 Å². The zero-order valence-corrected chi connectivity index (χ0v) is 19.0. The van der Waals surface area contributed by atoms with Crippen molar-refractivity contribution < 1.29 is 14.7 Å². The van der Waals surface area contributed by atoms with E-state index < -0.39 is 5.97 Å². The van der Waals surface area contributed by atoms with Gasteiger partial charge in [0.15, 0.2) is 0 Å². The molecule has 1 aliphatic rings. The van der Waals surface area contributed by atoms with Crippen LogP contribution in [0.3, 0.4) is 0 Å². The summed E-state index contributed by atoms with van der Waals surface area (Å²) in [5, 5.41) is 10.9. The third-order valence-electron chi connectivity index (χ3n) is 6.22. The zero-order valence-electron chi connectivity index (χ0n) is 18.2. The van der Waals surface area contributed by atoms with Gasteiger partial charge in [-0.1, -0.05) is 31.2 Å². The zero-order chi connectivity index (χ0) is 22.1. The summed E-state index contributed by atoms with van der Waals surface area (Å²) in [6.45, 7) is 6.16. The van der Waals surface area contributed by atoms with E-state index in [9.17, 15) is 14.7 Å². The summed E-state index contributed by atoms with van der Waals surface area (Å²) in [5.41, 5.74) is 2.41. The van der Waals surface area contributed by atoms with Crippen molar-refractivity contribution in [2.75, 3.05) is 4.90 Å². The molecule has 2 heterocycles. The van der Waals surface area contributed by atoms with E-state index in [0.717, 1.165) is 46.9 Å². The first-order valence-electron chi connectivity index (χ1n) is 10.9. The number of carboxylic acids is 1. The second kappa shape index (κ2) is 8.79. The van der Waals surface area contributed by atoms with Gasteiger partial charge in [-0.15, -0.1) is 11.3 Å². The summed E-state index contributed by atoms with van der Waals surface area (Å²) in [6.07, 6.45) is 7.33. The highest BCUT2D eigenvalue weighted by Gasteiger charge is 2.34. The summed E-state index contributed by atoms with van der Waals surface area (Å²) < 4.78 is 0.874. The molecular weight excluding hydrogens is 408 g/mol. The molecule has 5 nitrogen and oxygen atoms in total. The van der Waals surface area contributed by atoms with E-state index in [4.69, 9.17) is 0 Å². The SMILES string of the molecule is CC1CCC(C(=O)N(c2c(C(=O)O)sc3c(-c4cccnc4)cccc23)C(C)C)CC1. The van der Waals surface area contributed by atoms with Crippen molar-refractivity contribution in [1.29, 1.82) is 0 Å². The van der Waals surface area contributed by atoms with Gasteiger partial charge in [0, 0.05) is 45.6 Å². The number of benzene rings is 1. The largest absolute Gasteiger partial charge is 0.477 e. The predicted molar refractivity (Wildman–Crippen MR) is 126 cm³/mol. The summed E-state index contributed by atoms with van der Waals surface area (Å²) in [4.78, 5) is 32.1. The summed E-state index contributed by atoms with van der Waals surface area (Å²) in [6, 6.07) is 9.54. The second-order valence-corrected chi connectivity index (χ2v) is 9.79.